The zero-order chi connectivity index (χ0) is 14.5. The molecule has 5 atom stereocenters. The lowest BCUT2D eigenvalue weighted by Crippen LogP contribution is -2.62. The molecule has 0 amide bonds. The van der Waals surface area contributed by atoms with Gasteiger partial charge in [-0.2, -0.15) is 0 Å². The van der Waals surface area contributed by atoms with Gasteiger partial charge in [-0.1, -0.05) is 26.3 Å². The normalized spacial score (nSPS) is 46.0. The van der Waals surface area contributed by atoms with Crippen molar-refractivity contribution in [3.05, 3.63) is 11.6 Å². The molecule has 0 spiro atoms. The molecule has 2 fully saturated rings. The zero-order valence-electron chi connectivity index (χ0n) is 12.8. The van der Waals surface area contributed by atoms with Crippen LogP contribution in [0.3, 0.4) is 0 Å². The van der Waals surface area contributed by atoms with E-state index < -0.39 is 0 Å². The summed E-state index contributed by atoms with van der Waals surface area (Å²) in [5.41, 5.74) is 1.67. The summed E-state index contributed by atoms with van der Waals surface area (Å²) < 4.78 is 5.38. The fourth-order valence-corrected chi connectivity index (χ4v) is 5.51. The second kappa shape index (κ2) is 4.59. The van der Waals surface area contributed by atoms with Gasteiger partial charge in [0, 0.05) is 12.3 Å². The average Bonchev–Trinajstić information content (AvgIpc) is 2.62. The van der Waals surface area contributed by atoms with E-state index in [1.165, 1.54) is 25.3 Å². The van der Waals surface area contributed by atoms with Crippen LogP contribution in [0.4, 0.5) is 0 Å². The minimum Gasteiger partial charge on any atom is -0.465 e. The van der Waals surface area contributed by atoms with Gasteiger partial charge in [-0.3, -0.25) is 4.79 Å². The maximum absolute atomic E-state index is 11.2. The second-order valence-corrected chi connectivity index (χ2v) is 7.58. The van der Waals surface area contributed by atoms with Crippen molar-refractivity contribution in [3.63, 3.8) is 0 Å². The highest BCUT2D eigenvalue weighted by molar-refractivity contribution is 5.65. The van der Waals surface area contributed by atoms with E-state index in [-0.39, 0.29) is 18.0 Å². The molecule has 1 N–H and O–H groups in total. The number of hydrogen-bond acceptors (Lipinski definition) is 3. The van der Waals surface area contributed by atoms with E-state index in [2.05, 4.69) is 19.9 Å². The Hall–Kier alpha value is -0.830. The molecule has 4 bridgehead atoms. The molecule has 0 saturated heterocycles. The third-order valence-corrected chi connectivity index (χ3v) is 6.44. The first-order chi connectivity index (χ1) is 9.42. The number of aliphatic hydroxyl groups is 1. The van der Waals surface area contributed by atoms with Gasteiger partial charge in [-0.25, -0.2) is 0 Å². The van der Waals surface area contributed by atoms with Gasteiger partial charge in [0.1, 0.15) is 0 Å². The lowest BCUT2D eigenvalue weighted by atomic mass is 9.38. The molecule has 0 unspecified atom stereocenters. The highest BCUT2D eigenvalue weighted by Gasteiger charge is 2.66. The molecule has 0 radical (unpaired) electrons. The number of fused-ring (bicyclic) bond motifs is 1. The van der Waals surface area contributed by atoms with Gasteiger partial charge < -0.3 is 9.84 Å². The maximum atomic E-state index is 11.2. The summed E-state index contributed by atoms with van der Waals surface area (Å²) in [5.74, 6) is 1.59. The van der Waals surface area contributed by atoms with Crippen LogP contribution >= 0.6 is 0 Å². The average molecular weight is 278 g/mol. The first-order valence-corrected chi connectivity index (χ1v) is 7.85. The first kappa shape index (κ1) is 14.1. The smallest absolute Gasteiger partial charge is 0.302 e. The van der Waals surface area contributed by atoms with Gasteiger partial charge >= 0.3 is 5.97 Å². The Morgan fingerprint density at radius 2 is 2.20 bits per heavy atom. The zero-order valence-corrected chi connectivity index (χ0v) is 12.8. The van der Waals surface area contributed by atoms with Crippen LogP contribution in [0.5, 0.6) is 0 Å². The third-order valence-electron chi connectivity index (χ3n) is 6.44. The largest absolute Gasteiger partial charge is 0.465 e. The van der Waals surface area contributed by atoms with Crippen molar-refractivity contribution in [2.75, 3.05) is 13.2 Å². The van der Waals surface area contributed by atoms with Crippen molar-refractivity contribution >= 4 is 5.97 Å². The molecule has 3 rings (SSSR count). The molecule has 0 aliphatic heterocycles. The molecule has 0 heterocycles. The molecule has 20 heavy (non-hydrogen) atoms. The Kier molecular flexibility index (Phi) is 3.24. The summed E-state index contributed by atoms with van der Waals surface area (Å²) in [4.78, 5) is 11.2. The number of hydrogen-bond donors (Lipinski definition) is 1. The lowest BCUT2D eigenvalue weighted by molar-refractivity contribution is -0.170. The van der Waals surface area contributed by atoms with Gasteiger partial charge in [-0.05, 0) is 48.0 Å². The second-order valence-electron chi connectivity index (χ2n) is 7.58. The Morgan fingerprint density at radius 3 is 2.85 bits per heavy atom. The molecule has 112 valence electrons. The molecule has 3 heteroatoms. The standard InChI is InChI=1S/C17H26O3/c1-11(19)20-10-16(2)7-4-8-17(3)13-6-5-12(9-18)14(17)15(13)16/h5,13-15,18H,4,6-10H2,1-3H3/t13-,14+,15-,16+,17+/m1/s1. The van der Waals surface area contributed by atoms with Crippen LogP contribution in [0.2, 0.25) is 0 Å². The van der Waals surface area contributed by atoms with Crippen LogP contribution in [0.15, 0.2) is 11.6 Å². The van der Waals surface area contributed by atoms with Crippen LogP contribution < -0.4 is 0 Å². The number of ether oxygens (including phenoxy) is 1. The van der Waals surface area contributed by atoms with Crippen molar-refractivity contribution < 1.29 is 14.6 Å². The summed E-state index contributed by atoms with van der Waals surface area (Å²) in [7, 11) is 0. The van der Waals surface area contributed by atoms with Gasteiger partial charge in [0.05, 0.1) is 13.2 Å². The SMILES string of the molecule is CC(=O)OC[C@]1(C)CCC[C@@]2(C)[C@@H]3CC=C(CO)[C@H]2[C@@H]31. The Balaban J connectivity index is 1.90. The minimum absolute atomic E-state index is 0.0751. The summed E-state index contributed by atoms with van der Waals surface area (Å²) in [6.45, 7) is 6.90. The number of esters is 1. The number of carbonyl (C=O) groups excluding carboxylic acids is 1. The Labute approximate surface area is 121 Å². The Bertz CT molecular complexity index is 455. The number of carbonyl (C=O) groups is 1. The van der Waals surface area contributed by atoms with Crippen LogP contribution in [0, 0.1) is 28.6 Å². The van der Waals surface area contributed by atoms with Crippen molar-refractivity contribution in [1.29, 1.82) is 0 Å². The van der Waals surface area contributed by atoms with E-state index in [0.29, 0.717) is 29.8 Å². The van der Waals surface area contributed by atoms with Gasteiger partial charge in [-0.15, -0.1) is 0 Å². The highest BCUT2D eigenvalue weighted by Crippen LogP contribution is 2.72. The predicted octanol–water partition coefficient (Wildman–Crippen LogP) is 2.93. The monoisotopic (exact) mass is 278 g/mol. The summed E-state index contributed by atoms with van der Waals surface area (Å²) in [5, 5.41) is 9.68. The topological polar surface area (TPSA) is 46.5 Å². The van der Waals surface area contributed by atoms with Crippen molar-refractivity contribution in [2.24, 2.45) is 28.6 Å². The molecule has 2 saturated carbocycles. The van der Waals surface area contributed by atoms with Crippen molar-refractivity contribution in [1.82, 2.24) is 0 Å². The van der Waals surface area contributed by atoms with Crippen LogP contribution in [0.25, 0.3) is 0 Å². The minimum atomic E-state index is -0.180. The van der Waals surface area contributed by atoms with Gasteiger partial charge in [0.15, 0.2) is 0 Å². The van der Waals surface area contributed by atoms with E-state index in [9.17, 15) is 9.90 Å². The van der Waals surface area contributed by atoms with Gasteiger partial charge in [0.2, 0.25) is 0 Å². The lowest BCUT2D eigenvalue weighted by Gasteiger charge is -2.66. The quantitative estimate of drug-likeness (QED) is 0.638. The molecule has 0 aromatic rings. The van der Waals surface area contributed by atoms with Crippen LogP contribution in [-0.4, -0.2) is 24.3 Å². The fraction of sp³-hybridized carbons (Fsp3) is 0.824. The molecule has 0 aromatic carbocycles. The van der Waals surface area contributed by atoms with Crippen molar-refractivity contribution in [3.8, 4) is 0 Å². The van der Waals surface area contributed by atoms with Crippen LogP contribution in [-0.2, 0) is 9.53 Å². The molecule has 3 nitrogen and oxygen atoms in total. The summed E-state index contributed by atoms with van der Waals surface area (Å²) in [6, 6.07) is 0. The van der Waals surface area contributed by atoms with E-state index in [1.807, 2.05) is 0 Å². The van der Waals surface area contributed by atoms with E-state index >= 15 is 0 Å². The predicted molar refractivity (Wildman–Crippen MR) is 77.0 cm³/mol. The summed E-state index contributed by atoms with van der Waals surface area (Å²) in [6.07, 6.45) is 6.92. The molecule has 3 aliphatic carbocycles. The van der Waals surface area contributed by atoms with Crippen LogP contribution in [0.1, 0.15) is 46.5 Å². The highest BCUT2D eigenvalue weighted by atomic mass is 16.5. The molecular formula is C17H26O3. The van der Waals surface area contributed by atoms with E-state index in [0.717, 1.165) is 12.8 Å². The molecule has 0 aromatic heterocycles. The fourth-order valence-electron chi connectivity index (χ4n) is 5.51. The summed E-state index contributed by atoms with van der Waals surface area (Å²) >= 11 is 0. The molecule has 3 aliphatic rings. The van der Waals surface area contributed by atoms with E-state index in [1.54, 1.807) is 0 Å². The van der Waals surface area contributed by atoms with Gasteiger partial charge in [0.25, 0.3) is 0 Å². The Morgan fingerprint density at radius 1 is 1.45 bits per heavy atom. The maximum Gasteiger partial charge on any atom is 0.302 e. The first-order valence-electron chi connectivity index (χ1n) is 7.85. The number of allylic oxidation sites excluding steroid dienone is 1. The number of rotatable bonds is 3. The number of aliphatic hydroxyl groups excluding tert-OH is 1. The van der Waals surface area contributed by atoms with E-state index in [4.69, 9.17) is 4.74 Å². The third kappa shape index (κ3) is 1.78. The van der Waals surface area contributed by atoms with Crippen molar-refractivity contribution in [2.45, 2.75) is 46.5 Å². The molecular weight excluding hydrogens is 252 g/mol.